The lowest BCUT2D eigenvalue weighted by molar-refractivity contribution is -0.118. The summed E-state index contributed by atoms with van der Waals surface area (Å²) in [5.41, 5.74) is 0.449. The lowest BCUT2D eigenvalue weighted by Crippen LogP contribution is -2.27. The lowest BCUT2D eigenvalue weighted by Gasteiger charge is -2.10. The molecule has 2 N–H and O–H groups in total. The predicted octanol–water partition coefficient (Wildman–Crippen LogP) is 2.94. The maximum atomic E-state index is 12.0. The summed E-state index contributed by atoms with van der Waals surface area (Å²) in [7, 11) is -2.14. The van der Waals surface area contributed by atoms with Crippen molar-refractivity contribution in [3.05, 3.63) is 52.5 Å². The second-order valence-corrected chi connectivity index (χ2v) is 8.00. The number of anilines is 1. The second kappa shape index (κ2) is 9.91. The summed E-state index contributed by atoms with van der Waals surface area (Å²) in [4.78, 5) is 12.0. The Balaban J connectivity index is 1.90. The number of hydrogen-bond acceptors (Lipinski definition) is 5. The van der Waals surface area contributed by atoms with Crippen LogP contribution in [0, 0.1) is 0 Å². The average Bonchev–Trinajstić information content (AvgIpc) is 2.59. The van der Waals surface area contributed by atoms with Crippen molar-refractivity contribution >= 4 is 44.8 Å². The Morgan fingerprint density at radius 3 is 2.30 bits per heavy atom. The molecule has 2 aromatic carbocycles. The zero-order valence-electron chi connectivity index (χ0n) is 14.4. The van der Waals surface area contributed by atoms with Crippen LogP contribution < -0.4 is 14.8 Å². The zero-order chi connectivity index (χ0) is 19.9. The quantitative estimate of drug-likeness (QED) is 0.594. The molecule has 0 aliphatic rings. The van der Waals surface area contributed by atoms with Crippen LogP contribution in [0.3, 0.4) is 0 Å². The molecule has 2 rings (SSSR count). The SMILES string of the molecule is COCCNS(=O)(=O)c1ccc(OCC(=O)Nc2cc(Cl)cc(Cl)c2)cc1. The molecule has 2 aromatic rings. The van der Waals surface area contributed by atoms with Crippen LogP contribution in [0.15, 0.2) is 47.4 Å². The van der Waals surface area contributed by atoms with Crippen LogP contribution in [0.2, 0.25) is 10.0 Å². The molecule has 0 aliphatic carbocycles. The summed E-state index contributed by atoms with van der Waals surface area (Å²) in [6, 6.07) is 10.4. The van der Waals surface area contributed by atoms with Crippen molar-refractivity contribution in [2.45, 2.75) is 4.90 Å². The predicted molar refractivity (Wildman–Crippen MR) is 104 cm³/mol. The van der Waals surface area contributed by atoms with Crippen LogP contribution in [0.1, 0.15) is 0 Å². The van der Waals surface area contributed by atoms with Gasteiger partial charge in [-0.05, 0) is 42.5 Å². The number of carbonyl (C=O) groups excluding carboxylic acids is 1. The van der Waals surface area contributed by atoms with Crippen molar-refractivity contribution in [3.8, 4) is 5.75 Å². The molecule has 27 heavy (non-hydrogen) atoms. The largest absolute Gasteiger partial charge is 0.484 e. The third kappa shape index (κ3) is 7.00. The Morgan fingerprint density at radius 2 is 1.70 bits per heavy atom. The third-order valence-electron chi connectivity index (χ3n) is 3.25. The molecule has 0 bridgehead atoms. The van der Waals surface area contributed by atoms with E-state index in [1.807, 2.05) is 0 Å². The van der Waals surface area contributed by atoms with E-state index < -0.39 is 15.9 Å². The van der Waals surface area contributed by atoms with Gasteiger partial charge in [0.15, 0.2) is 6.61 Å². The van der Waals surface area contributed by atoms with Crippen LogP contribution in [0.25, 0.3) is 0 Å². The molecule has 7 nitrogen and oxygen atoms in total. The second-order valence-electron chi connectivity index (χ2n) is 5.36. The highest BCUT2D eigenvalue weighted by atomic mass is 35.5. The number of sulfonamides is 1. The van der Waals surface area contributed by atoms with Crippen molar-refractivity contribution < 1.29 is 22.7 Å². The van der Waals surface area contributed by atoms with E-state index in [0.29, 0.717) is 21.5 Å². The summed E-state index contributed by atoms with van der Waals surface area (Å²) < 4.78 is 36.7. The van der Waals surface area contributed by atoms with Crippen molar-refractivity contribution in [2.75, 3.05) is 32.2 Å². The third-order valence-corrected chi connectivity index (χ3v) is 5.16. The van der Waals surface area contributed by atoms with Crippen LogP contribution in [-0.2, 0) is 19.6 Å². The van der Waals surface area contributed by atoms with E-state index in [0.717, 1.165) is 0 Å². The van der Waals surface area contributed by atoms with Crippen molar-refractivity contribution in [1.82, 2.24) is 4.72 Å². The number of benzene rings is 2. The molecule has 0 unspecified atom stereocenters. The van der Waals surface area contributed by atoms with E-state index in [1.54, 1.807) is 18.2 Å². The lowest BCUT2D eigenvalue weighted by atomic mass is 10.3. The standard InChI is InChI=1S/C17H18Cl2N2O5S/c1-25-7-6-20-27(23,24)16-4-2-15(3-5-16)26-11-17(22)21-14-9-12(18)8-13(19)10-14/h2-5,8-10,20H,6-7,11H2,1H3,(H,21,22). The van der Waals surface area contributed by atoms with Gasteiger partial charge in [0.25, 0.3) is 5.91 Å². The maximum absolute atomic E-state index is 12.0. The number of nitrogens with one attached hydrogen (secondary N) is 2. The van der Waals surface area contributed by atoms with E-state index >= 15 is 0 Å². The van der Waals surface area contributed by atoms with Gasteiger partial charge in [0.2, 0.25) is 10.0 Å². The van der Waals surface area contributed by atoms with Gasteiger partial charge in [0.1, 0.15) is 5.75 Å². The van der Waals surface area contributed by atoms with Crippen molar-refractivity contribution in [1.29, 1.82) is 0 Å². The van der Waals surface area contributed by atoms with Gasteiger partial charge in [0.05, 0.1) is 11.5 Å². The van der Waals surface area contributed by atoms with E-state index in [-0.39, 0.29) is 24.7 Å². The number of ether oxygens (including phenoxy) is 2. The number of amides is 1. The summed E-state index contributed by atoms with van der Waals surface area (Å²) in [5, 5.41) is 3.40. The number of halogens is 2. The summed E-state index contributed by atoms with van der Waals surface area (Å²) in [6.07, 6.45) is 0. The minimum Gasteiger partial charge on any atom is -0.484 e. The van der Waals surface area contributed by atoms with Gasteiger partial charge < -0.3 is 14.8 Å². The molecule has 0 saturated heterocycles. The summed E-state index contributed by atoms with van der Waals surface area (Å²) in [6.45, 7) is 0.181. The Kier molecular flexibility index (Phi) is 7.88. The smallest absolute Gasteiger partial charge is 0.262 e. The molecule has 10 heteroatoms. The summed E-state index contributed by atoms with van der Waals surface area (Å²) in [5.74, 6) is -0.0589. The van der Waals surface area contributed by atoms with Crippen molar-refractivity contribution in [2.24, 2.45) is 0 Å². The maximum Gasteiger partial charge on any atom is 0.262 e. The Hall–Kier alpha value is -1.84. The molecule has 0 heterocycles. The normalized spacial score (nSPS) is 11.2. The first-order valence-electron chi connectivity index (χ1n) is 7.77. The monoisotopic (exact) mass is 432 g/mol. The minimum absolute atomic E-state index is 0.0870. The molecular weight excluding hydrogens is 415 g/mol. The van der Waals surface area contributed by atoms with E-state index in [9.17, 15) is 13.2 Å². The fourth-order valence-electron chi connectivity index (χ4n) is 2.05. The number of rotatable bonds is 9. The Labute approximate surface area is 167 Å². The number of carbonyl (C=O) groups is 1. The number of hydrogen-bond donors (Lipinski definition) is 2. The fourth-order valence-corrected chi connectivity index (χ4v) is 3.59. The van der Waals surface area contributed by atoms with E-state index in [2.05, 4.69) is 10.0 Å². The molecule has 1 amide bonds. The topological polar surface area (TPSA) is 93.7 Å². The molecule has 0 atom stereocenters. The van der Waals surface area contributed by atoms with Crippen LogP contribution in [0.4, 0.5) is 5.69 Å². The van der Waals surface area contributed by atoms with Crippen LogP contribution in [0.5, 0.6) is 5.75 Å². The van der Waals surface area contributed by atoms with Gasteiger partial charge in [-0.15, -0.1) is 0 Å². The van der Waals surface area contributed by atoms with Crippen molar-refractivity contribution in [3.63, 3.8) is 0 Å². The molecule has 0 aliphatic heterocycles. The minimum atomic E-state index is -3.62. The first kappa shape index (κ1) is 21.5. The zero-order valence-corrected chi connectivity index (χ0v) is 16.7. The molecule has 0 spiro atoms. The first-order chi connectivity index (χ1) is 12.8. The highest BCUT2D eigenvalue weighted by Gasteiger charge is 2.13. The molecule has 0 fully saturated rings. The highest BCUT2D eigenvalue weighted by Crippen LogP contribution is 2.22. The highest BCUT2D eigenvalue weighted by molar-refractivity contribution is 7.89. The molecule has 0 saturated carbocycles. The number of methoxy groups -OCH3 is 1. The van der Waals surface area contributed by atoms with E-state index in [4.69, 9.17) is 32.7 Å². The van der Waals surface area contributed by atoms with E-state index in [1.165, 1.54) is 31.4 Å². The van der Waals surface area contributed by atoms with Crippen LogP contribution in [-0.4, -0.2) is 41.2 Å². The van der Waals surface area contributed by atoms with Gasteiger partial charge in [0, 0.05) is 29.4 Å². The Bertz CT molecular complexity index is 868. The molecular formula is C17H18Cl2N2O5S. The molecule has 0 aromatic heterocycles. The van der Waals surface area contributed by atoms with Gasteiger partial charge in [-0.25, -0.2) is 13.1 Å². The fraction of sp³-hybridized carbons (Fsp3) is 0.235. The molecule has 0 radical (unpaired) electrons. The van der Waals surface area contributed by atoms with Gasteiger partial charge in [-0.1, -0.05) is 23.2 Å². The van der Waals surface area contributed by atoms with Crippen LogP contribution >= 0.6 is 23.2 Å². The van der Waals surface area contributed by atoms with Gasteiger partial charge >= 0.3 is 0 Å². The molecule has 146 valence electrons. The Morgan fingerprint density at radius 1 is 1.07 bits per heavy atom. The van der Waals surface area contributed by atoms with Gasteiger partial charge in [-0.3, -0.25) is 4.79 Å². The van der Waals surface area contributed by atoms with Gasteiger partial charge in [-0.2, -0.15) is 0 Å². The summed E-state index contributed by atoms with van der Waals surface area (Å²) >= 11 is 11.7. The average molecular weight is 433 g/mol. The first-order valence-corrected chi connectivity index (χ1v) is 10.0.